The number of aliphatic hydroxyl groups is 1. The summed E-state index contributed by atoms with van der Waals surface area (Å²) in [6, 6.07) is 3.54. The summed E-state index contributed by atoms with van der Waals surface area (Å²) in [6.07, 6.45) is 0. The molecule has 1 aromatic rings. The van der Waals surface area contributed by atoms with Crippen LogP contribution < -0.4 is 0 Å². The largest absolute Gasteiger partial charge is 0.478 e. The van der Waals surface area contributed by atoms with Gasteiger partial charge >= 0.3 is 5.97 Å². The third kappa shape index (κ3) is 2.94. The van der Waals surface area contributed by atoms with E-state index < -0.39 is 10.9 Å². The highest BCUT2D eigenvalue weighted by Crippen LogP contribution is 2.27. The van der Waals surface area contributed by atoms with Crippen LogP contribution in [0.2, 0.25) is 0 Å². The second kappa shape index (κ2) is 5.47. The first-order chi connectivity index (χ1) is 7.56. The van der Waals surface area contributed by atoms with Crippen LogP contribution in [0.4, 0.5) is 5.69 Å². The van der Waals surface area contributed by atoms with Gasteiger partial charge in [0.25, 0.3) is 5.69 Å². The number of nitrogens with zero attached hydrogens (tertiary/aromatic N) is 1. The summed E-state index contributed by atoms with van der Waals surface area (Å²) in [5, 5.41) is 28.0. The van der Waals surface area contributed by atoms with Crippen molar-refractivity contribution in [1.29, 1.82) is 0 Å². The van der Waals surface area contributed by atoms with E-state index >= 15 is 0 Å². The quantitative estimate of drug-likeness (QED) is 0.460. The number of hydrogen-bond donors (Lipinski definition) is 2. The Morgan fingerprint density at radius 3 is 2.69 bits per heavy atom. The molecule has 7 heteroatoms. The lowest BCUT2D eigenvalue weighted by Crippen LogP contribution is -2.01. The number of rotatable bonds is 5. The average molecular weight is 243 g/mol. The zero-order valence-corrected chi connectivity index (χ0v) is 8.94. The molecule has 0 unspecified atom stereocenters. The number of nitro groups is 1. The molecule has 0 aromatic heterocycles. The molecule has 0 aliphatic carbocycles. The van der Waals surface area contributed by atoms with E-state index in [9.17, 15) is 14.9 Å². The van der Waals surface area contributed by atoms with E-state index in [0.717, 1.165) is 17.8 Å². The Bertz CT molecular complexity index is 420. The first kappa shape index (κ1) is 12.5. The van der Waals surface area contributed by atoms with E-state index in [2.05, 4.69) is 0 Å². The van der Waals surface area contributed by atoms with E-state index in [1.165, 1.54) is 12.1 Å². The summed E-state index contributed by atoms with van der Waals surface area (Å²) in [5.74, 6) is -0.850. The summed E-state index contributed by atoms with van der Waals surface area (Å²) in [5.41, 5.74) is -0.158. The zero-order chi connectivity index (χ0) is 12.1. The molecule has 0 amide bonds. The maximum absolute atomic E-state index is 10.8. The molecule has 0 aliphatic heterocycles. The lowest BCUT2D eigenvalue weighted by atomic mass is 10.2. The SMILES string of the molecule is O=C(O)c1ccc([N+](=O)[O-])cc1SCCO. The van der Waals surface area contributed by atoms with Crippen molar-refractivity contribution in [3.05, 3.63) is 33.9 Å². The monoisotopic (exact) mass is 243 g/mol. The predicted octanol–water partition coefficient (Wildman–Crippen LogP) is 1.38. The maximum atomic E-state index is 10.8. The fourth-order valence-corrected chi connectivity index (χ4v) is 1.90. The molecule has 2 N–H and O–H groups in total. The standard InChI is InChI=1S/C9H9NO5S/c11-3-4-16-8-5-6(10(14)15)1-2-7(8)9(12)13/h1-2,5,11H,3-4H2,(H,12,13). The van der Waals surface area contributed by atoms with Gasteiger partial charge in [0.05, 0.1) is 17.1 Å². The van der Waals surface area contributed by atoms with Crippen molar-refractivity contribution in [3.63, 3.8) is 0 Å². The number of hydrogen-bond acceptors (Lipinski definition) is 5. The van der Waals surface area contributed by atoms with Crippen LogP contribution in [0.25, 0.3) is 0 Å². The predicted molar refractivity (Wildman–Crippen MR) is 57.9 cm³/mol. The van der Waals surface area contributed by atoms with E-state index in [1.807, 2.05) is 0 Å². The van der Waals surface area contributed by atoms with Crippen LogP contribution in [0.15, 0.2) is 23.1 Å². The molecule has 1 rings (SSSR count). The van der Waals surface area contributed by atoms with Gasteiger partial charge in [-0.05, 0) is 6.07 Å². The van der Waals surface area contributed by atoms with Crippen LogP contribution in [0, 0.1) is 10.1 Å². The van der Waals surface area contributed by atoms with Crippen LogP contribution in [-0.4, -0.2) is 33.5 Å². The Hall–Kier alpha value is -1.60. The number of benzene rings is 1. The molecule has 0 radical (unpaired) electrons. The van der Waals surface area contributed by atoms with Crippen molar-refractivity contribution in [1.82, 2.24) is 0 Å². The second-order valence-corrected chi connectivity index (χ2v) is 3.95. The third-order valence-electron chi connectivity index (χ3n) is 1.76. The van der Waals surface area contributed by atoms with E-state index in [1.54, 1.807) is 0 Å². The molecule has 1 aromatic carbocycles. The number of nitro benzene ring substituents is 1. The van der Waals surface area contributed by atoms with E-state index in [4.69, 9.17) is 10.2 Å². The highest BCUT2D eigenvalue weighted by atomic mass is 32.2. The van der Waals surface area contributed by atoms with E-state index in [-0.39, 0.29) is 22.8 Å². The summed E-state index contributed by atoms with van der Waals surface area (Å²) < 4.78 is 0. The summed E-state index contributed by atoms with van der Waals surface area (Å²) in [6.45, 7) is -0.119. The maximum Gasteiger partial charge on any atom is 0.336 e. The number of carboxylic acid groups (broad SMARTS) is 1. The molecule has 0 spiro atoms. The minimum atomic E-state index is -1.14. The minimum Gasteiger partial charge on any atom is -0.478 e. The number of thioether (sulfide) groups is 1. The fourth-order valence-electron chi connectivity index (χ4n) is 1.08. The van der Waals surface area contributed by atoms with Gasteiger partial charge in [-0.15, -0.1) is 11.8 Å². The van der Waals surface area contributed by atoms with Gasteiger partial charge in [-0.1, -0.05) is 0 Å². The van der Waals surface area contributed by atoms with Gasteiger partial charge in [-0.3, -0.25) is 10.1 Å². The van der Waals surface area contributed by atoms with Gasteiger partial charge < -0.3 is 10.2 Å². The lowest BCUT2D eigenvalue weighted by molar-refractivity contribution is -0.385. The molecule has 6 nitrogen and oxygen atoms in total. The molecule has 0 atom stereocenters. The van der Waals surface area contributed by atoms with Crippen molar-refractivity contribution in [2.75, 3.05) is 12.4 Å². The molecule has 0 fully saturated rings. The van der Waals surface area contributed by atoms with Crippen molar-refractivity contribution >= 4 is 23.4 Å². The Balaban J connectivity index is 3.10. The second-order valence-electron chi connectivity index (χ2n) is 2.81. The topological polar surface area (TPSA) is 101 Å². The number of aliphatic hydroxyl groups excluding tert-OH is 1. The molecular weight excluding hydrogens is 234 g/mol. The Labute approximate surface area is 95.1 Å². The van der Waals surface area contributed by atoms with E-state index in [0.29, 0.717) is 5.75 Å². The Kier molecular flexibility index (Phi) is 4.27. The van der Waals surface area contributed by atoms with Crippen LogP contribution in [0.1, 0.15) is 10.4 Å². The third-order valence-corrected chi connectivity index (χ3v) is 2.79. The van der Waals surface area contributed by atoms with Gasteiger partial charge in [-0.25, -0.2) is 4.79 Å². The van der Waals surface area contributed by atoms with Crippen molar-refractivity contribution in [3.8, 4) is 0 Å². The molecule has 0 saturated carbocycles. The number of carboxylic acids is 1. The normalized spacial score (nSPS) is 10.1. The molecule has 0 bridgehead atoms. The average Bonchev–Trinajstić information content (AvgIpc) is 2.25. The highest BCUT2D eigenvalue weighted by molar-refractivity contribution is 7.99. The number of non-ortho nitro benzene ring substituents is 1. The first-order valence-corrected chi connectivity index (χ1v) is 5.30. The van der Waals surface area contributed by atoms with Crippen LogP contribution in [-0.2, 0) is 0 Å². The van der Waals surface area contributed by atoms with Gasteiger partial charge in [0.2, 0.25) is 0 Å². The van der Waals surface area contributed by atoms with Crippen molar-refractivity contribution < 1.29 is 19.9 Å². The van der Waals surface area contributed by atoms with Gasteiger partial charge in [-0.2, -0.15) is 0 Å². The smallest absolute Gasteiger partial charge is 0.336 e. The Morgan fingerprint density at radius 2 is 2.19 bits per heavy atom. The summed E-state index contributed by atoms with van der Waals surface area (Å²) in [7, 11) is 0. The Morgan fingerprint density at radius 1 is 1.50 bits per heavy atom. The molecule has 0 aliphatic rings. The summed E-state index contributed by atoms with van der Waals surface area (Å²) in [4.78, 5) is 21.0. The fraction of sp³-hybridized carbons (Fsp3) is 0.222. The first-order valence-electron chi connectivity index (χ1n) is 4.31. The zero-order valence-electron chi connectivity index (χ0n) is 8.12. The minimum absolute atomic E-state index is 0.00375. The van der Waals surface area contributed by atoms with Crippen LogP contribution >= 0.6 is 11.8 Å². The highest BCUT2D eigenvalue weighted by Gasteiger charge is 2.15. The molecular formula is C9H9NO5S. The van der Waals surface area contributed by atoms with Crippen LogP contribution in [0.5, 0.6) is 0 Å². The molecule has 16 heavy (non-hydrogen) atoms. The van der Waals surface area contributed by atoms with Crippen LogP contribution in [0.3, 0.4) is 0 Å². The summed E-state index contributed by atoms with van der Waals surface area (Å²) >= 11 is 1.07. The molecule has 0 heterocycles. The number of aromatic carboxylic acids is 1. The van der Waals surface area contributed by atoms with Gasteiger partial charge in [0.15, 0.2) is 0 Å². The van der Waals surface area contributed by atoms with Gasteiger partial charge in [0, 0.05) is 22.8 Å². The van der Waals surface area contributed by atoms with Crippen molar-refractivity contribution in [2.24, 2.45) is 0 Å². The number of carbonyl (C=O) groups is 1. The lowest BCUT2D eigenvalue weighted by Gasteiger charge is -2.04. The van der Waals surface area contributed by atoms with Gasteiger partial charge in [0.1, 0.15) is 0 Å². The van der Waals surface area contributed by atoms with Crippen molar-refractivity contribution in [2.45, 2.75) is 4.90 Å². The molecule has 0 saturated heterocycles. The molecule has 86 valence electrons.